The van der Waals surface area contributed by atoms with Gasteiger partial charge in [0.05, 0.1) is 23.4 Å². The largest absolute Gasteiger partial charge is 0.495 e. The van der Waals surface area contributed by atoms with E-state index in [2.05, 4.69) is 33.8 Å². The van der Waals surface area contributed by atoms with E-state index in [0.29, 0.717) is 11.7 Å². The van der Waals surface area contributed by atoms with E-state index in [1.165, 1.54) is 16.9 Å². The predicted molar refractivity (Wildman–Crippen MR) is 123 cm³/mol. The number of thiazole rings is 1. The van der Waals surface area contributed by atoms with E-state index in [-0.39, 0.29) is 11.8 Å². The molecule has 1 aromatic heterocycles. The number of hydrogen-bond donors (Lipinski definition) is 2. The summed E-state index contributed by atoms with van der Waals surface area (Å²) >= 11 is 1.52. The van der Waals surface area contributed by atoms with Crippen molar-refractivity contribution in [3.8, 4) is 16.2 Å². The fourth-order valence-corrected chi connectivity index (χ4v) is 4.86. The average Bonchev–Trinajstić information content (AvgIpc) is 3.43. The Morgan fingerprint density at radius 2 is 1.93 bits per heavy atom. The van der Waals surface area contributed by atoms with Crippen LogP contribution < -0.4 is 15.4 Å². The Labute approximate surface area is 181 Å². The number of aromatic nitrogens is 1. The lowest BCUT2D eigenvalue weighted by Gasteiger charge is -2.13. The molecule has 0 saturated heterocycles. The molecule has 0 spiro atoms. The van der Waals surface area contributed by atoms with Crippen LogP contribution in [-0.4, -0.2) is 18.0 Å². The number of carbonyl (C=O) groups is 1. The first-order valence-corrected chi connectivity index (χ1v) is 11.2. The van der Waals surface area contributed by atoms with Gasteiger partial charge in [0.15, 0.2) is 5.13 Å². The highest BCUT2D eigenvalue weighted by molar-refractivity contribution is 7.19. The van der Waals surface area contributed by atoms with Gasteiger partial charge in [-0.15, -0.1) is 0 Å². The number of hydrogen-bond acceptors (Lipinski definition) is 5. The van der Waals surface area contributed by atoms with Crippen LogP contribution in [0.1, 0.15) is 36.9 Å². The maximum Gasteiger partial charge on any atom is 0.229 e. The van der Waals surface area contributed by atoms with Crippen LogP contribution in [0.5, 0.6) is 5.75 Å². The van der Waals surface area contributed by atoms with E-state index in [0.717, 1.165) is 53.3 Å². The van der Waals surface area contributed by atoms with Crippen molar-refractivity contribution in [1.29, 1.82) is 0 Å². The van der Waals surface area contributed by atoms with Gasteiger partial charge in [0, 0.05) is 12.5 Å². The Morgan fingerprint density at radius 1 is 1.17 bits per heavy atom. The first kappa shape index (κ1) is 20.4. The molecule has 2 aromatic carbocycles. The van der Waals surface area contributed by atoms with Gasteiger partial charge in [0.2, 0.25) is 5.91 Å². The SMILES string of the molecule is COc1ccc(-c2sc(NC(=O)C3CCCC3)nc2C)cc1NCc1ccccc1. The number of ether oxygens (including phenoxy) is 1. The molecule has 1 heterocycles. The fourth-order valence-electron chi connectivity index (χ4n) is 3.89. The molecule has 2 N–H and O–H groups in total. The summed E-state index contributed by atoms with van der Waals surface area (Å²) in [6, 6.07) is 16.4. The Balaban J connectivity index is 1.53. The van der Waals surface area contributed by atoms with Gasteiger partial charge in [-0.3, -0.25) is 4.79 Å². The molecule has 4 rings (SSSR count). The normalized spacial score (nSPS) is 13.9. The summed E-state index contributed by atoms with van der Waals surface area (Å²) in [5.41, 5.74) is 4.11. The van der Waals surface area contributed by atoms with Gasteiger partial charge >= 0.3 is 0 Å². The molecule has 30 heavy (non-hydrogen) atoms. The fraction of sp³-hybridized carbons (Fsp3) is 0.333. The highest BCUT2D eigenvalue weighted by Gasteiger charge is 2.24. The summed E-state index contributed by atoms with van der Waals surface area (Å²) in [7, 11) is 1.68. The monoisotopic (exact) mass is 421 g/mol. The lowest BCUT2D eigenvalue weighted by molar-refractivity contribution is -0.119. The number of methoxy groups -OCH3 is 1. The van der Waals surface area contributed by atoms with Crippen molar-refractivity contribution in [2.75, 3.05) is 17.7 Å². The molecular weight excluding hydrogens is 394 g/mol. The van der Waals surface area contributed by atoms with Gasteiger partial charge in [-0.05, 0) is 49.1 Å². The maximum absolute atomic E-state index is 12.5. The van der Waals surface area contributed by atoms with E-state index in [4.69, 9.17) is 4.74 Å². The highest BCUT2D eigenvalue weighted by Crippen LogP contribution is 2.37. The zero-order valence-corrected chi connectivity index (χ0v) is 18.2. The zero-order valence-electron chi connectivity index (χ0n) is 17.4. The van der Waals surface area contributed by atoms with E-state index < -0.39 is 0 Å². The Kier molecular flexibility index (Phi) is 6.33. The zero-order chi connectivity index (χ0) is 20.9. The van der Waals surface area contributed by atoms with Crippen molar-refractivity contribution < 1.29 is 9.53 Å². The Bertz CT molecular complexity index is 1010. The molecule has 5 nitrogen and oxygen atoms in total. The van der Waals surface area contributed by atoms with E-state index in [9.17, 15) is 4.79 Å². The number of benzene rings is 2. The summed E-state index contributed by atoms with van der Waals surface area (Å²) in [6.07, 6.45) is 4.26. The number of nitrogens with zero attached hydrogens (tertiary/aromatic N) is 1. The minimum Gasteiger partial charge on any atom is -0.495 e. The van der Waals surface area contributed by atoms with Gasteiger partial charge in [0.1, 0.15) is 5.75 Å². The van der Waals surface area contributed by atoms with Crippen LogP contribution in [0.15, 0.2) is 48.5 Å². The minimum absolute atomic E-state index is 0.104. The third kappa shape index (κ3) is 4.65. The molecule has 0 bridgehead atoms. The third-order valence-corrected chi connectivity index (χ3v) is 6.66. The number of rotatable bonds is 7. The van der Waals surface area contributed by atoms with E-state index in [1.807, 2.05) is 37.3 Å². The van der Waals surface area contributed by atoms with Crippen LogP contribution >= 0.6 is 11.3 Å². The van der Waals surface area contributed by atoms with Crippen LogP contribution in [0, 0.1) is 12.8 Å². The molecule has 0 aliphatic heterocycles. The molecule has 1 amide bonds. The summed E-state index contributed by atoms with van der Waals surface area (Å²) in [5, 5.41) is 7.18. The number of aryl methyl sites for hydroxylation is 1. The second kappa shape index (κ2) is 9.30. The summed E-state index contributed by atoms with van der Waals surface area (Å²) in [4.78, 5) is 18.1. The van der Waals surface area contributed by atoms with E-state index in [1.54, 1.807) is 7.11 Å². The quantitative estimate of drug-likeness (QED) is 0.501. The molecule has 3 aromatic rings. The van der Waals surface area contributed by atoms with Crippen LogP contribution in [-0.2, 0) is 11.3 Å². The Morgan fingerprint density at radius 3 is 2.67 bits per heavy atom. The first-order valence-electron chi connectivity index (χ1n) is 10.4. The summed E-state index contributed by atoms with van der Waals surface area (Å²) in [6.45, 7) is 2.70. The van der Waals surface area contributed by atoms with Crippen molar-refractivity contribution >= 4 is 28.1 Å². The summed E-state index contributed by atoms with van der Waals surface area (Å²) < 4.78 is 5.54. The molecule has 1 saturated carbocycles. The molecule has 1 fully saturated rings. The molecule has 1 aliphatic carbocycles. The predicted octanol–water partition coefficient (Wildman–Crippen LogP) is 5.87. The van der Waals surface area contributed by atoms with Gasteiger partial charge in [-0.1, -0.05) is 54.5 Å². The molecule has 0 atom stereocenters. The van der Waals surface area contributed by atoms with Crippen molar-refractivity contribution in [3.63, 3.8) is 0 Å². The smallest absolute Gasteiger partial charge is 0.229 e. The average molecular weight is 422 g/mol. The molecule has 1 aliphatic rings. The topological polar surface area (TPSA) is 63.2 Å². The number of nitrogens with one attached hydrogen (secondary N) is 2. The van der Waals surface area contributed by atoms with Gasteiger partial charge < -0.3 is 15.4 Å². The Hall–Kier alpha value is -2.86. The van der Waals surface area contributed by atoms with Gasteiger partial charge in [-0.25, -0.2) is 4.98 Å². The molecule has 0 radical (unpaired) electrons. The number of amides is 1. The van der Waals surface area contributed by atoms with Crippen LogP contribution in [0.4, 0.5) is 10.8 Å². The van der Waals surface area contributed by atoms with Crippen molar-refractivity contribution in [2.45, 2.75) is 39.2 Å². The molecule has 156 valence electrons. The molecule has 0 unspecified atom stereocenters. The second-order valence-electron chi connectivity index (χ2n) is 7.66. The van der Waals surface area contributed by atoms with E-state index >= 15 is 0 Å². The lowest BCUT2D eigenvalue weighted by atomic mass is 10.1. The maximum atomic E-state index is 12.5. The van der Waals surface area contributed by atoms with Crippen LogP contribution in [0.3, 0.4) is 0 Å². The lowest BCUT2D eigenvalue weighted by Crippen LogP contribution is -2.20. The van der Waals surface area contributed by atoms with Crippen LogP contribution in [0.25, 0.3) is 10.4 Å². The van der Waals surface area contributed by atoms with Gasteiger partial charge in [0.25, 0.3) is 0 Å². The second-order valence-corrected chi connectivity index (χ2v) is 8.66. The highest BCUT2D eigenvalue weighted by atomic mass is 32.1. The third-order valence-electron chi connectivity index (χ3n) is 5.54. The number of anilines is 2. The van der Waals surface area contributed by atoms with Gasteiger partial charge in [-0.2, -0.15) is 0 Å². The summed E-state index contributed by atoms with van der Waals surface area (Å²) in [5.74, 6) is 1.03. The minimum atomic E-state index is 0.104. The van der Waals surface area contributed by atoms with Crippen molar-refractivity contribution in [2.24, 2.45) is 5.92 Å². The molecular formula is C24H27N3O2S. The molecule has 6 heteroatoms. The van der Waals surface area contributed by atoms with Crippen molar-refractivity contribution in [1.82, 2.24) is 4.98 Å². The standard InChI is InChI=1S/C24H27N3O2S/c1-16-22(30-24(26-16)27-23(28)18-10-6-7-11-18)19-12-13-21(29-2)20(14-19)25-15-17-8-4-3-5-9-17/h3-5,8-9,12-14,18,25H,6-7,10-11,15H2,1-2H3,(H,26,27,28). The van der Waals surface area contributed by atoms with Crippen LogP contribution in [0.2, 0.25) is 0 Å². The first-order chi connectivity index (χ1) is 14.6. The van der Waals surface area contributed by atoms with Crippen molar-refractivity contribution in [3.05, 3.63) is 59.8 Å². The number of carbonyl (C=O) groups excluding carboxylic acids is 1.